The number of H-pyrrole nitrogens is 1. The van der Waals surface area contributed by atoms with Gasteiger partial charge in [-0.1, -0.05) is 0 Å². The number of methoxy groups -OCH3 is 1. The van der Waals surface area contributed by atoms with E-state index in [-0.39, 0.29) is 29.5 Å². The number of amides is 1. The van der Waals surface area contributed by atoms with Crippen molar-refractivity contribution < 1.29 is 27.5 Å². The number of β-lactam (4-membered cyclic amide) rings is 1. The lowest BCUT2D eigenvalue weighted by Gasteiger charge is -2.48. The van der Waals surface area contributed by atoms with Crippen LogP contribution in [0.25, 0.3) is 5.70 Å². The van der Waals surface area contributed by atoms with Gasteiger partial charge in [-0.25, -0.2) is 13.5 Å². The topological polar surface area (TPSA) is 144 Å². The molecule has 0 aromatic carbocycles. The monoisotopic (exact) mass is 343 g/mol. The lowest BCUT2D eigenvalue weighted by molar-refractivity contribution is -0.156. The minimum atomic E-state index is -3.69. The van der Waals surface area contributed by atoms with Crippen LogP contribution >= 0.6 is 0 Å². The van der Waals surface area contributed by atoms with Crippen LogP contribution in [0.3, 0.4) is 0 Å². The van der Waals surface area contributed by atoms with Crippen LogP contribution in [0.4, 0.5) is 0 Å². The van der Waals surface area contributed by atoms with Crippen LogP contribution in [0.15, 0.2) is 5.57 Å². The maximum Gasteiger partial charge on any atom is 0.302 e. The summed E-state index contributed by atoms with van der Waals surface area (Å²) in [7, 11) is -2.42. The molecule has 0 spiro atoms. The van der Waals surface area contributed by atoms with Crippen LogP contribution in [-0.4, -0.2) is 76.8 Å². The van der Waals surface area contributed by atoms with Crippen molar-refractivity contribution >= 4 is 27.4 Å². The number of aromatic amines is 1. The zero-order chi connectivity index (χ0) is 16.8. The number of sulfone groups is 1. The summed E-state index contributed by atoms with van der Waals surface area (Å²) < 4.78 is 34.7. The van der Waals surface area contributed by atoms with Crippen molar-refractivity contribution in [2.24, 2.45) is 0 Å². The minimum Gasteiger partial charge on any atom is -0.461 e. The first kappa shape index (κ1) is 15.6. The number of ether oxygens (including phenoxy) is 2. The Bertz CT molecular complexity index is 786. The van der Waals surface area contributed by atoms with E-state index in [2.05, 4.69) is 20.6 Å². The molecule has 1 aromatic rings. The Morgan fingerprint density at radius 2 is 2.22 bits per heavy atom. The Kier molecular flexibility index (Phi) is 3.64. The largest absolute Gasteiger partial charge is 0.461 e. The van der Waals surface area contributed by atoms with E-state index in [0.29, 0.717) is 0 Å². The highest BCUT2D eigenvalue weighted by Gasteiger charge is 2.60. The van der Waals surface area contributed by atoms with Gasteiger partial charge in [0.2, 0.25) is 0 Å². The van der Waals surface area contributed by atoms with Crippen LogP contribution in [-0.2, 0) is 28.9 Å². The van der Waals surface area contributed by atoms with Crippen LogP contribution in [0.5, 0.6) is 0 Å². The van der Waals surface area contributed by atoms with Crippen molar-refractivity contribution in [3.63, 3.8) is 0 Å². The van der Waals surface area contributed by atoms with Gasteiger partial charge in [0.1, 0.15) is 6.61 Å². The molecule has 2 atom stereocenters. The van der Waals surface area contributed by atoms with E-state index in [0.717, 1.165) is 4.90 Å². The highest BCUT2D eigenvalue weighted by atomic mass is 32.2. The van der Waals surface area contributed by atoms with E-state index < -0.39 is 33.2 Å². The first-order chi connectivity index (χ1) is 10.9. The van der Waals surface area contributed by atoms with Crippen molar-refractivity contribution in [2.45, 2.75) is 18.4 Å². The summed E-state index contributed by atoms with van der Waals surface area (Å²) in [6.07, 6.45) is -1.07. The van der Waals surface area contributed by atoms with E-state index in [9.17, 15) is 18.0 Å². The molecule has 3 rings (SSSR count). The second kappa shape index (κ2) is 5.38. The SMILES string of the molecule is CO[C@H]1C(=O)N2C(c3nnn[nH]3)=C(COC(C)=O)CS(=O)(=O)[C@H]12. The number of tetrazole rings is 1. The summed E-state index contributed by atoms with van der Waals surface area (Å²) in [5.74, 6) is -1.36. The lowest BCUT2D eigenvalue weighted by Crippen LogP contribution is -2.69. The van der Waals surface area contributed by atoms with Gasteiger partial charge >= 0.3 is 5.97 Å². The van der Waals surface area contributed by atoms with Crippen LogP contribution in [0.1, 0.15) is 12.7 Å². The quantitative estimate of drug-likeness (QED) is 0.488. The van der Waals surface area contributed by atoms with E-state index in [1.165, 1.54) is 14.0 Å². The molecule has 1 amide bonds. The average molecular weight is 343 g/mol. The van der Waals surface area contributed by atoms with Crippen molar-refractivity contribution in [1.29, 1.82) is 0 Å². The molecule has 1 aromatic heterocycles. The third-order valence-electron chi connectivity index (χ3n) is 3.59. The molecule has 0 saturated carbocycles. The molecule has 2 aliphatic heterocycles. The number of nitrogens with zero attached hydrogens (tertiary/aromatic N) is 4. The van der Waals surface area contributed by atoms with E-state index in [1.54, 1.807) is 0 Å². The van der Waals surface area contributed by atoms with Crippen molar-refractivity contribution in [2.75, 3.05) is 19.5 Å². The summed E-state index contributed by atoms with van der Waals surface area (Å²) in [4.78, 5) is 24.3. The Morgan fingerprint density at radius 1 is 1.48 bits per heavy atom. The summed E-state index contributed by atoms with van der Waals surface area (Å²) in [5, 5.41) is 11.9. The van der Waals surface area contributed by atoms with Crippen molar-refractivity contribution in [3.05, 3.63) is 11.4 Å². The molecule has 3 heterocycles. The molecule has 2 aliphatic rings. The van der Waals surface area contributed by atoms with Gasteiger partial charge in [-0.15, -0.1) is 5.10 Å². The number of fused-ring (bicyclic) bond motifs is 1. The van der Waals surface area contributed by atoms with Crippen LogP contribution in [0.2, 0.25) is 0 Å². The number of hydrogen-bond donors (Lipinski definition) is 1. The van der Waals surface area contributed by atoms with Crippen LogP contribution in [0, 0.1) is 0 Å². The number of hydrogen-bond acceptors (Lipinski definition) is 9. The molecule has 1 fully saturated rings. The third kappa shape index (κ3) is 2.39. The van der Waals surface area contributed by atoms with Gasteiger partial charge in [-0.05, 0) is 10.4 Å². The Morgan fingerprint density at radius 3 is 2.78 bits per heavy atom. The van der Waals surface area contributed by atoms with Crippen molar-refractivity contribution in [3.8, 4) is 0 Å². The standard InChI is InChI=1S/C11H13N5O6S/c1-5(17)22-3-6-4-23(19,20)11-8(21-2)10(18)16(11)7(6)9-12-14-15-13-9/h8,11H,3-4H2,1-2H3,(H,12,13,14,15)/t8-,11+/m0/s1. The van der Waals surface area contributed by atoms with Gasteiger partial charge in [0.15, 0.2) is 27.1 Å². The Labute approximate surface area is 130 Å². The number of aromatic nitrogens is 4. The maximum absolute atomic E-state index is 12.4. The second-order valence-electron chi connectivity index (χ2n) is 5.04. The van der Waals surface area contributed by atoms with Gasteiger partial charge in [-0.3, -0.25) is 14.5 Å². The smallest absolute Gasteiger partial charge is 0.302 e. The third-order valence-corrected chi connectivity index (χ3v) is 5.53. The van der Waals surface area contributed by atoms with Gasteiger partial charge in [-0.2, -0.15) is 0 Å². The molecule has 0 unspecified atom stereocenters. The van der Waals surface area contributed by atoms with E-state index in [1.807, 2.05) is 0 Å². The summed E-state index contributed by atoms with van der Waals surface area (Å²) in [5.41, 5.74) is 0.423. The zero-order valence-electron chi connectivity index (χ0n) is 12.2. The van der Waals surface area contributed by atoms with Crippen LogP contribution < -0.4 is 0 Å². The summed E-state index contributed by atoms with van der Waals surface area (Å²) in [6, 6.07) is 0. The number of carbonyl (C=O) groups excluding carboxylic acids is 2. The molecular weight excluding hydrogens is 330 g/mol. The van der Waals surface area contributed by atoms with Gasteiger partial charge in [0.05, 0.1) is 11.4 Å². The molecule has 11 nitrogen and oxygen atoms in total. The lowest BCUT2D eigenvalue weighted by atomic mass is 10.1. The maximum atomic E-state index is 12.4. The molecule has 12 heteroatoms. The van der Waals surface area contributed by atoms with E-state index in [4.69, 9.17) is 9.47 Å². The molecule has 1 saturated heterocycles. The Balaban J connectivity index is 2.09. The first-order valence-electron chi connectivity index (χ1n) is 6.53. The highest BCUT2D eigenvalue weighted by Crippen LogP contribution is 2.40. The predicted molar refractivity (Wildman–Crippen MR) is 72.9 cm³/mol. The molecule has 23 heavy (non-hydrogen) atoms. The summed E-state index contributed by atoms with van der Waals surface area (Å²) >= 11 is 0. The molecule has 0 aliphatic carbocycles. The average Bonchev–Trinajstić information content (AvgIpc) is 2.99. The zero-order valence-corrected chi connectivity index (χ0v) is 13.0. The fourth-order valence-corrected chi connectivity index (χ4v) is 4.66. The van der Waals surface area contributed by atoms with Gasteiger partial charge in [0.25, 0.3) is 5.91 Å². The van der Waals surface area contributed by atoms with Crippen molar-refractivity contribution in [1.82, 2.24) is 25.5 Å². The molecule has 0 radical (unpaired) electrons. The first-order valence-corrected chi connectivity index (χ1v) is 8.25. The molecular formula is C11H13N5O6S. The normalized spacial score (nSPS) is 25.8. The van der Waals surface area contributed by atoms with E-state index >= 15 is 0 Å². The number of rotatable bonds is 4. The molecule has 124 valence electrons. The highest BCUT2D eigenvalue weighted by molar-refractivity contribution is 7.92. The minimum absolute atomic E-state index is 0.120. The fourth-order valence-electron chi connectivity index (χ4n) is 2.65. The second-order valence-corrected chi connectivity index (χ2v) is 7.14. The summed E-state index contributed by atoms with van der Waals surface area (Å²) in [6.45, 7) is 0.921. The fraction of sp³-hybridized carbons (Fsp3) is 0.545. The molecule has 0 bridgehead atoms. The number of carbonyl (C=O) groups is 2. The molecule has 1 N–H and O–H groups in total. The van der Waals surface area contributed by atoms with Gasteiger partial charge in [0, 0.05) is 19.6 Å². The number of esters is 1. The van der Waals surface area contributed by atoms with Gasteiger partial charge < -0.3 is 9.47 Å². The Hall–Kier alpha value is -2.34. The predicted octanol–water partition coefficient (Wildman–Crippen LogP) is -1.91. The number of nitrogens with one attached hydrogen (secondary N) is 1.